The third-order valence-electron chi connectivity index (χ3n) is 3.49. The minimum Gasteiger partial charge on any atom is -0.489 e. The van der Waals surface area contributed by atoms with Crippen LogP contribution in [0.4, 0.5) is 4.39 Å². The van der Waals surface area contributed by atoms with E-state index < -0.39 is 0 Å². The summed E-state index contributed by atoms with van der Waals surface area (Å²) in [5.74, 6) is 0.531. The van der Waals surface area contributed by atoms with Crippen LogP contribution in [0.25, 0.3) is 0 Å². The van der Waals surface area contributed by atoms with Crippen LogP contribution in [0.2, 0.25) is 5.02 Å². The van der Waals surface area contributed by atoms with Crippen LogP contribution >= 0.6 is 11.6 Å². The van der Waals surface area contributed by atoms with E-state index in [1.54, 1.807) is 18.2 Å². The van der Waals surface area contributed by atoms with Gasteiger partial charge in [0.25, 0.3) is 0 Å². The van der Waals surface area contributed by atoms with Gasteiger partial charge in [-0.2, -0.15) is 0 Å². The molecule has 2 aromatic carbocycles. The summed E-state index contributed by atoms with van der Waals surface area (Å²) in [7, 11) is 0. The second-order valence-corrected chi connectivity index (χ2v) is 5.83. The average Bonchev–Trinajstić information content (AvgIpc) is 2.58. The number of halogens is 2. The van der Waals surface area contributed by atoms with Crippen LogP contribution < -0.4 is 10.1 Å². The number of hydrogen-bond donors (Lipinski definition) is 1. The summed E-state index contributed by atoms with van der Waals surface area (Å²) in [6, 6.07) is 11.9. The second-order valence-electron chi connectivity index (χ2n) is 5.39. The van der Waals surface area contributed by atoms with Crippen LogP contribution in [0, 0.1) is 5.82 Å². The van der Waals surface area contributed by atoms with Crippen molar-refractivity contribution in [3.05, 3.63) is 64.4 Å². The van der Waals surface area contributed by atoms with Gasteiger partial charge in [0.05, 0.1) is 0 Å². The zero-order chi connectivity index (χ0) is 17.2. The van der Waals surface area contributed by atoms with Crippen LogP contribution in [-0.2, 0) is 17.9 Å². The Morgan fingerprint density at radius 3 is 2.67 bits per heavy atom. The molecule has 0 saturated heterocycles. The van der Waals surface area contributed by atoms with Crippen molar-refractivity contribution in [2.75, 3.05) is 19.8 Å². The van der Waals surface area contributed by atoms with Crippen molar-refractivity contribution >= 4 is 11.6 Å². The van der Waals surface area contributed by atoms with Gasteiger partial charge in [-0.25, -0.2) is 4.39 Å². The monoisotopic (exact) mass is 351 g/mol. The third-order valence-corrected chi connectivity index (χ3v) is 3.73. The van der Waals surface area contributed by atoms with E-state index in [1.807, 2.05) is 19.1 Å². The molecule has 0 saturated carbocycles. The SMILES string of the molecule is CCOCCCNCc1cc(Cl)ccc1OCc1ccc(F)cc1. The third kappa shape index (κ3) is 6.48. The lowest BCUT2D eigenvalue weighted by atomic mass is 10.2. The number of ether oxygens (including phenoxy) is 2. The summed E-state index contributed by atoms with van der Waals surface area (Å²) in [6.45, 7) is 5.42. The van der Waals surface area contributed by atoms with Gasteiger partial charge in [-0.3, -0.25) is 0 Å². The summed E-state index contributed by atoms with van der Waals surface area (Å²) in [4.78, 5) is 0. The largest absolute Gasteiger partial charge is 0.489 e. The highest BCUT2D eigenvalue weighted by Crippen LogP contribution is 2.24. The van der Waals surface area contributed by atoms with Gasteiger partial charge in [0.1, 0.15) is 18.2 Å². The lowest BCUT2D eigenvalue weighted by Crippen LogP contribution is -2.17. The van der Waals surface area contributed by atoms with Crippen molar-refractivity contribution in [3.63, 3.8) is 0 Å². The summed E-state index contributed by atoms with van der Waals surface area (Å²) >= 11 is 6.09. The Labute approximate surface area is 147 Å². The molecule has 0 aliphatic carbocycles. The molecule has 0 fully saturated rings. The number of hydrogen-bond acceptors (Lipinski definition) is 3. The molecular weight excluding hydrogens is 329 g/mol. The van der Waals surface area contributed by atoms with Crippen LogP contribution in [0.5, 0.6) is 5.75 Å². The normalized spacial score (nSPS) is 10.8. The molecule has 5 heteroatoms. The molecule has 0 radical (unpaired) electrons. The first-order chi connectivity index (χ1) is 11.7. The van der Waals surface area contributed by atoms with Crippen molar-refractivity contribution in [1.82, 2.24) is 5.32 Å². The number of nitrogens with one attached hydrogen (secondary N) is 1. The highest BCUT2D eigenvalue weighted by Gasteiger charge is 2.06. The molecule has 0 heterocycles. The highest BCUT2D eigenvalue weighted by atomic mass is 35.5. The molecule has 0 amide bonds. The van der Waals surface area contributed by atoms with E-state index in [2.05, 4.69) is 5.32 Å². The lowest BCUT2D eigenvalue weighted by Gasteiger charge is -2.13. The maximum atomic E-state index is 12.9. The smallest absolute Gasteiger partial charge is 0.124 e. The van der Waals surface area contributed by atoms with Crippen LogP contribution in [0.15, 0.2) is 42.5 Å². The van der Waals surface area contributed by atoms with Gasteiger partial charge in [0, 0.05) is 30.3 Å². The van der Waals surface area contributed by atoms with E-state index in [0.29, 0.717) is 18.2 Å². The highest BCUT2D eigenvalue weighted by molar-refractivity contribution is 6.30. The topological polar surface area (TPSA) is 30.5 Å². The van der Waals surface area contributed by atoms with E-state index >= 15 is 0 Å². The fraction of sp³-hybridized carbons (Fsp3) is 0.368. The van der Waals surface area contributed by atoms with E-state index in [-0.39, 0.29) is 5.82 Å². The molecule has 130 valence electrons. The fourth-order valence-corrected chi connectivity index (χ4v) is 2.43. The summed E-state index contributed by atoms with van der Waals surface area (Å²) in [5, 5.41) is 4.04. The summed E-state index contributed by atoms with van der Waals surface area (Å²) < 4.78 is 24.1. The Morgan fingerprint density at radius 2 is 1.92 bits per heavy atom. The van der Waals surface area contributed by atoms with Gasteiger partial charge in [-0.05, 0) is 55.8 Å². The minimum atomic E-state index is -0.248. The molecule has 0 aliphatic rings. The Morgan fingerprint density at radius 1 is 1.12 bits per heavy atom. The standard InChI is InChI=1S/C19H23ClFNO2/c1-2-23-11-3-10-22-13-16-12-17(20)6-9-19(16)24-14-15-4-7-18(21)8-5-15/h4-9,12,22H,2-3,10-11,13-14H2,1H3. The van der Waals surface area contributed by atoms with Gasteiger partial charge < -0.3 is 14.8 Å². The Balaban J connectivity index is 1.88. The first-order valence-electron chi connectivity index (χ1n) is 8.13. The van der Waals surface area contributed by atoms with Gasteiger partial charge >= 0.3 is 0 Å². The van der Waals surface area contributed by atoms with E-state index in [4.69, 9.17) is 21.1 Å². The second kappa shape index (κ2) is 10.3. The quantitative estimate of drug-likeness (QED) is 0.636. The molecule has 24 heavy (non-hydrogen) atoms. The van der Waals surface area contributed by atoms with Crippen LogP contribution in [0.3, 0.4) is 0 Å². The van der Waals surface area contributed by atoms with Crippen molar-refractivity contribution in [2.24, 2.45) is 0 Å². The Kier molecular flexibility index (Phi) is 8.02. The minimum absolute atomic E-state index is 0.248. The van der Waals surface area contributed by atoms with Crippen molar-refractivity contribution in [2.45, 2.75) is 26.5 Å². The maximum Gasteiger partial charge on any atom is 0.124 e. The molecule has 0 bridgehead atoms. The molecule has 1 N–H and O–H groups in total. The molecule has 0 unspecified atom stereocenters. The van der Waals surface area contributed by atoms with Gasteiger partial charge in [0.15, 0.2) is 0 Å². The van der Waals surface area contributed by atoms with E-state index in [9.17, 15) is 4.39 Å². The first kappa shape index (κ1) is 18.7. The lowest BCUT2D eigenvalue weighted by molar-refractivity contribution is 0.144. The molecule has 3 nitrogen and oxygen atoms in total. The Hall–Kier alpha value is -1.62. The first-order valence-corrected chi connectivity index (χ1v) is 8.51. The molecule has 0 aromatic heterocycles. The average molecular weight is 352 g/mol. The molecular formula is C19H23ClFNO2. The van der Waals surface area contributed by atoms with Crippen molar-refractivity contribution in [3.8, 4) is 5.75 Å². The molecule has 0 spiro atoms. The fourth-order valence-electron chi connectivity index (χ4n) is 2.24. The summed E-state index contributed by atoms with van der Waals surface area (Å²) in [6.07, 6.45) is 0.959. The molecule has 2 aromatic rings. The zero-order valence-electron chi connectivity index (χ0n) is 13.9. The zero-order valence-corrected chi connectivity index (χ0v) is 14.6. The van der Waals surface area contributed by atoms with Gasteiger partial charge in [-0.1, -0.05) is 23.7 Å². The Bertz CT molecular complexity index is 619. The summed E-state index contributed by atoms with van der Waals surface area (Å²) in [5.41, 5.74) is 1.92. The van der Waals surface area contributed by atoms with Crippen molar-refractivity contribution < 1.29 is 13.9 Å². The van der Waals surface area contributed by atoms with Crippen LogP contribution in [0.1, 0.15) is 24.5 Å². The molecule has 2 rings (SSSR count). The molecule has 0 atom stereocenters. The van der Waals surface area contributed by atoms with Crippen molar-refractivity contribution in [1.29, 1.82) is 0 Å². The van der Waals surface area contributed by atoms with E-state index in [0.717, 1.165) is 43.1 Å². The van der Waals surface area contributed by atoms with Gasteiger partial charge in [-0.15, -0.1) is 0 Å². The van der Waals surface area contributed by atoms with Crippen LogP contribution in [-0.4, -0.2) is 19.8 Å². The predicted molar refractivity (Wildman–Crippen MR) is 95.0 cm³/mol. The van der Waals surface area contributed by atoms with E-state index in [1.165, 1.54) is 12.1 Å². The predicted octanol–water partition coefficient (Wildman–Crippen LogP) is 4.57. The number of benzene rings is 2. The molecule has 0 aliphatic heterocycles. The maximum absolute atomic E-state index is 12.9. The van der Waals surface area contributed by atoms with Gasteiger partial charge in [0.2, 0.25) is 0 Å². The number of rotatable bonds is 10.